The summed E-state index contributed by atoms with van der Waals surface area (Å²) in [7, 11) is 0. The van der Waals surface area contributed by atoms with Gasteiger partial charge in [-0.15, -0.1) is 11.7 Å². The first-order chi connectivity index (χ1) is 14.6. The van der Waals surface area contributed by atoms with E-state index < -0.39 is 0 Å². The zero-order valence-electron chi connectivity index (χ0n) is 17.0. The first kappa shape index (κ1) is 20.0. The number of rotatable bonds is 7. The number of benzene rings is 1. The number of hydrogen-bond acceptors (Lipinski definition) is 5. The van der Waals surface area contributed by atoms with Crippen LogP contribution in [-0.2, 0) is 22.5 Å². The van der Waals surface area contributed by atoms with Crippen molar-refractivity contribution in [2.75, 3.05) is 13.2 Å². The highest BCUT2D eigenvalue weighted by molar-refractivity contribution is 5.78. The second kappa shape index (κ2) is 8.62. The molecule has 30 heavy (non-hydrogen) atoms. The third-order valence-electron chi connectivity index (χ3n) is 5.36. The normalized spacial score (nSPS) is 16.1. The van der Waals surface area contributed by atoms with Gasteiger partial charge < -0.3 is 14.6 Å². The van der Waals surface area contributed by atoms with Crippen molar-refractivity contribution in [1.82, 2.24) is 24.5 Å². The summed E-state index contributed by atoms with van der Waals surface area (Å²) in [5.41, 5.74) is 1.58. The molecule has 8 heteroatoms. The third kappa shape index (κ3) is 3.91. The molecule has 0 radical (unpaired) electrons. The van der Waals surface area contributed by atoms with Crippen molar-refractivity contribution in [1.29, 1.82) is 0 Å². The minimum atomic E-state index is -0.329. The van der Waals surface area contributed by atoms with Crippen molar-refractivity contribution in [3.8, 4) is 11.4 Å². The Kier molecular flexibility index (Phi) is 5.76. The minimum absolute atomic E-state index is 0.0228. The van der Waals surface area contributed by atoms with E-state index in [4.69, 9.17) is 4.74 Å². The molecule has 3 heterocycles. The number of nitrogens with zero attached hydrogens (tertiary/aromatic N) is 4. The van der Waals surface area contributed by atoms with Crippen LogP contribution in [0.15, 0.2) is 47.8 Å². The SMILES string of the molecule is C=CCn1c(C)c(CC(=O)NCC2CCCO2)c(=O)n2nc(-c3ccccc3)nc12. The van der Waals surface area contributed by atoms with Gasteiger partial charge in [-0.2, -0.15) is 9.50 Å². The number of aromatic nitrogens is 4. The lowest BCUT2D eigenvalue weighted by Gasteiger charge is -2.15. The minimum Gasteiger partial charge on any atom is -0.376 e. The van der Waals surface area contributed by atoms with Gasteiger partial charge in [0.05, 0.1) is 12.5 Å². The maximum atomic E-state index is 13.2. The third-order valence-corrected chi connectivity index (χ3v) is 5.36. The topological polar surface area (TPSA) is 90.5 Å². The predicted octanol–water partition coefficient (Wildman–Crippen LogP) is 1.89. The average Bonchev–Trinajstić information content (AvgIpc) is 3.43. The van der Waals surface area contributed by atoms with Crippen LogP contribution in [0.25, 0.3) is 17.2 Å². The van der Waals surface area contributed by atoms with E-state index in [0.717, 1.165) is 25.0 Å². The zero-order chi connectivity index (χ0) is 21.1. The molecule has 1 aliphatic rings. The second-order valence-corrected chi connectivity index (χ2v) is 7.40. The van der Waals surface area contributed by atoms with Crippen molar-refractivity contribution in [3.63, 3.8) is 0 Å². The molecule has 0 saturated carbocycles. The lowest BCUT2D eigenvalue weighted by atomic mass is 10.1. The molecule has 1 aromatic carbocycles. The Morgan fingerprint density at radius 3 is 2.87 bits per heavy atom. The van der Waals surface area contributed by atoms with Gasteiger partial charge in [-0.05, 0) is 19.8 Å². The fourth-order valence-corrected chi connectivity index (χ4v) is 3.73. The van der Waals surface area contributed by atoms with Crippen LogP contribution in [0.5, 0.6) is 0 Å². The molecule has 1 amide bonds. The van der Waals surface area contributed by atoms with Gasteiger partial charge in [0.25, 0.3) is 5.56 Å². The molecule has 0 aliphatic carbocycles. The summed E-state index contributed by atoms with van der Waals surface area (Å²) in [6.45, 7) is 7.28. The van der Waals surface area contributed by atoms with E-state index in [1.807, 2.05) is 41.8 Å². The first-order valence-electron chi connectivity index (χ1n) is 10.1. The Bertz CT molecular complexity index is 1130. The molecule has 1 fully saturated rings. The molecule has 156 valence electrons. The number of fused-ring (bicyclic) bond motifs is 1. The first-order valence-corrected chi connectivity index (χ1v) is 10.1. The van der Waals surface area contributed by atoms with Gasteiger partial charge in [-0.1, -0.05) is 36.4 Å². The summed E-state index contributed by atoms with van der Waals surface area (Å²) in [4.78, 5) is 30.3. The average molecular weight is 407 g/mol. The molecule has 1 unspecified atom stereocenters. The van der Waals surface area contributed by atoms with Crippen LogP contribution in [-0.4, -0.2) is 44.3 Å². The van der Waals surface area contributed by atoms with Crippen molar-refractivity contribution in [3.05, 3.63) is 64.6 Å². The van der Waals surface area contributed by atoms with Crippen LogP contribution >= 0.6 is 0 Å². The fraction of sp³-hybridized carbons (Fsp3) is 0.364. The summed E-state index contributed by atoms with van der Waals surface area (Å²) in [5, 5.41) is 7.31. The summed E-state index contributed by atoms with van der Waals surface area (Å²) in [6, 6.07) is 9.48. The second-order valence-electron chi connectivity index (χ2n) is 7.40. The van der Waals surface area contributed by atoms with E-state index in [1.54, 1.807) is 6.08 Å². The van der Waals surface area contributed by atoms with Gasteiger partial charge in [-0.25, -0.2) is 0 Å². The molecule has 1 atom stereocenters. The Hall–Kier alpha value is -3.26. The molecule has 1 N–H and O–H groups in total. The summed E-state index contributed by atoms with van der Waals surface area (Å²) < 4.78 is 8.68. The largest absolute Gasteiger partial charge is 0.376 e. The molecule has 3 aromatic rings. The summed E-state index contributed by atoms with van der Waals surface area (Å²) in [5.74, 6) is 0.684. The van der Waals surface area contributed by atoms with Crippen LogP contribution in [0, 0.1) is 6.92 Å². The van der Waals surface area contributed by atoms with Crippen molar-refractivity contribution >= 4 is 11.7 Å². The number of hydrogen-bond donors (Lipinski definition) is 1. The smallest absolute Gasteiger partial charge is 0.279 e. The number of ether oxygens (including phenoxy) is 1. The Morgan fingerprint density at radius 2 is 2.17 bits per heavy atom. The Morgan fingerprint density at radius 1 is 1.37 bits per heavy atom. The van der Waals surface area contributed by atoms with Crippen LogP contribution < -0.4 is 10.9 Å². The number of amides is 1. The zero-order valence-corrected chi connectivity index (χ0v) is 17.0. The van der Waals surface area contributed by atoms with Gasteiger partial charge in [0.15, 0.2) is 5.82 Å². The van der Waals surface area contributed by atoms with Crippen molar-refractivity contribution in [2.45, 2.75) is 38.8 Å². The van der Waals surface area contributed by atoms with Gasteiger partial charge >= 0.3 is 0 Å². The summed E-state index contributed by atoms with van der Waals surface area (Å²) >= 11 is 0. The van der Waals surface area contributed by atoms with Gasteiger partial charge in [-0.3, -0.25) is 9.59 Å². The standard InChI is InChI=1S/C22H25N5O3/c1-3-11-26-15(2)18(13-19(28)23-14-17-10-7-12-30-17)21(29)27-22(26)24-20(25-27)16-8-5-4-6-9-16/h3-6,8-9,17H,1,7,10-14H2,2H3,(H,23,28). The van der Waals surface area contributed by atoms with Crippen LogP contribution in [0.4, 0.5) is 0 Å². The molecule has 1 saturated heterocycles. The van der Waals surface area contributed by atoms with E-state index in [9.17, 15) is 9.59 Å². The summed E-state index contributed by atoms with van der Waals surface area (Å²) in [6.07, 6.45) is 3.72. The molecular weight excluding hydrogens is 382 g/mol. The molecule has 1 aliphatic heterocycles. The molecule has 4 rings (SSSR count). The molecule has 0 spiro atoms. The molecule has 8 nitrogen and oxygen atoms in total. The number of nitrogens with one attached hydrogen (secondary N) is 1. The number of allylic oxidation sites excluding steroid dienone is 1. The van der Waals surface area contributed by atoms with E-state index in [0.29, 0.717) is 35.9 Å². The van der Waals surface area contributed by atoms with E-state index in [-0.39, 0.29) is 24.0 Å². The van der Waals surface area contributed by atoms with Crippen LogP contribution in [0.1, 0.15) is 24.1 Å². The molecule has 0 bridgehead atoms. The predicted molar refractivity (Wildman–Crippen MR) is 113 cm³/mol. The Balaban J connectivity index is 1.69. The number of carbonyl (C=O) groups is 1. The highest BCUT2D eigenvalue weighted by Crippen LogP contribution is 2.17. The molecule has 2 aromatic heterocycles. The quantitative estimate of drug-likeness (QED) is 0.604. The van der Waals surface area contributed by atoms with Crippen molar-refractivity contribution in [2.24, 2.45) is 0 Å². The highest BCUT2D eigenvalue weighted by Gasteiger charge is 2.21. The van der Waals surface area contributed by atoms with E-state index >= 15 is 0 Å². The Labute approximate surface area is 174 Å². The van der Waals surface area contributed by atoms with Crippen LogP contribution in [0.3, 0.4) is 0 Å². The fourth-order valence-electron chi connectivity index (χ4n) is 3.73. The number of carbonyl (C=O) groups excluding carboxylic acids is 1. The van der Waals surface area contributed by atoms with Crippen molar-refractivity contribution < 1.29 is 9.53 Å². The van der Waals surface area contributed by atoms with Gasteiger partial charge in [0.1, 0.15) is 0 Å². The lowest BCUT2D eigenvalue weighted by Crippen LogP contribution is -2.35. The van der Waals surface area contributed by atoms with E-state index in [2.05, 4.69) is 22.0 Å². The monoisotopic (exact) mass is 407 g/mol. The highest BCUT2D eigenvalue weighted by atomic mass is 16.5. The maximum Gasteiger partial charge on any atom is 0.279 e. The van der Waals surface area contributed by atoms with Gasteiger partial charge in [0, 0.05) is 36.5 Å². The van der Waals surface area contributed by atoms with E-state index in [1.165, 1.54) is 4.52 Å². The lowest BCUT2D eigenvalue weighted by molar-refractivity contribution is -0.121. The molecular formula is C22H25N5O3. The van der Waals surface area contributed by atoms with Crippen LogP contribution in [0.2, 0.25) is 0 Å². The maximum absolute atomic E-state index is 13.2. The van der Waals surface area contributed by atoms with Gasteiger partial charge in [0.2, 0.25) is 11.7 Å².